The van der Waals surface area contributed by atoms with E-state index >= 15 is 0 Å². The number of piperidine rings is 1. The summed E-state index contributed by atoms with van der Waals surface area (Å²) in [6.07, 6.45) is 1.43. The maximum atomic E-state index is 13.1. The smallest absolute Gasteiger partial charge is 0.271 e. The van der Waals surface area contributed by atoms with Crippen LogP contribution in [-0.4, -0.2) is 51.4 Å². The fourth-order valence-electron chi connectivity index (χ4n) is 4.03. The molecule has 5 rings (SSSR count). The number of para-hydroxylation sites is 1. The maximum Gasteiger partial charge on any atom is 0.271 e. The van der Waals surface area contributed by atoms with Crippen LogP contribution >= 0.6 is 0 Å². The first-order valence-electron chi connectivity index (χ1n) is 10.7. The average molecular weight is 447 g/mol. The van der Waals surface area contributed by atoms with Gasteiger partial charge in [0.2, 0.25) is 11.8 Å². The molecule has 8 nitrogen and oxygen atoms in total. The largest absolute Gasteiger partial charge is 0.496 e. The minimum absolute atomic E-state index is 0.0710. The first kappa shape index (κ1) is 20.9. The predicted octanol–water partition coefficient (Wildman–Crippen LogP) is 4.29. The highest BCUT2D eigenvalue weighted by molar-refractivity contribution is 5.93. The van der Waals surface area contributed by atoms with Gasteiger partial charge in [0, 0.05) is 30.1 Å². The quantitative estimate of drug-likeness (QED) is 0.490. The third kappa shape index (κ3) is 4.21. The molecule has 2 aromatic carbocycles. The van der Waals surface area contributed by atoms with Gasteiger partial charge in [0.05, 0.1) is 12.8 Å². The average Bonchev–Trinajstić information content (AvgIpc) is 3.55. The number of nitrogens with one attached hydrogen (secondary N) is 1. The van der Waals surface area contributed by atoms with Gasteiger partial charge in [0.1, 0.15) is 17.3 Å². The summed E-state index contributed by atoms with van der Waals surface area (Å²) in [7, 11) is 1.60. The predicted molar refractivity (Wildman–Crippen MR) is 118 cm³/mol. The summed E-state index contributed by atoms with van der Waals surface area (Å²) in [5.41, 5.74) is 2.59. The van der Waals surface area contributed by atoms with Gasteiger partial charge in [-0.3, -0.25) is 9.89 Å². The Bertz CT molecular complexity index is 1260. The van der Waals surface area contributed by atoms with Crippen LogP contribution in [0.25, 0.3) is 22.7 Å². The van der Waals surface area contributed by atoms with Crippen LogP contribution in [0.1, 0.15) is 35.1 Å². The van der Waals surface area contributed by atoms with E-state index in [0.29, 0.717) is 60.4 Å². The molecule has 1 aliphatic rings. The van der Waals surface area contributed by atoms with Gasteiger partial charge in [-0.05, 0) is 55.3 Å². The molecule has 4 aromatic rings. The molecule has 168 valence electrons. The van der Waals surface area contributed by atoms with Crippen molar-refractivity contribution in [3.63, 3.8) is 0 Å². The number of aromatic nitrogens is 4. The van der Waals surface area contributed by atoms with Crippen molar-refractivity contribution in [2.45, 2.75) is 18.8 Å². The van der Waals surface area contributed by atoms with Crippen molar-refractivity contribution in [3.8, 4) is 28.5 Å². The highest BCUT2D eigenvalue weighted by atomic mass is 19.1. The van der Waals surface area contributed by atoms with Crippen LogP contribution < -0.4 is 4.74 Å². The van der Waals surface area contributed by atoms with Crippen LogP contribution in [0.4, 0.5) is 4.39 Å². The zero-order valence-corrected chi connectivity index (χ0v) is 18.0. The monoisotopic (exact) mass is 447 g/mol. The fourth-order valence-corrected chi connectivity index (χ4v) is 4.03. The molecule has 1 aliphatic heterocycles. The van der Waals surface area contributed by atoms with Crippen molar-refractivity contribution >= 4 is 5.91 Å². The number of hydrogen-bond donors (Lipinski definition) is 1. The topological polar surface area (TPSA) is 97.1 Å². The first-order valence-corrected chi connectivity index (χ1v) is 10.7. The molecule has 1 fully saturated rings. The van der Waals surface area contributed by atoms with Gasteiger partial charge in [-0.25, -0.2) is 4.39 Å². The van der Waals surface area contributed by atoms with Gasteiger partial charge < -0.3 is 14.1 Å². The molecular weight excluding hydrogens is 425 g/mol. The van der Waals surface area contributed by atoms with Crippen LogP contribution in [0, 0.1) is 5.82 Å². The lowest BCUT2D eigenvalue weighted by Gasteiger charge is -2.30. The fraction of sp³-hybridized carbons (Fsp3) is 0.250. The minimum atomic E-state index is -0.317. The molecule has 0 spiro atoms. The number of nitrogens with zero attached hydrogens (tertiary/aromatic N) is 4. The Hall–Kier alpha value is -4.01. The second kappa shape index (κ2) is 8.85. The van der Waals surface area contributed by atoms with Crippen molar-refractivity contribution in [1.29, 1.82) is 0 Å². The van der Waals surface area contributed by atoms with Crippen molar-refractivity contribution in [2.75, 3.05) is 20.2 Å². The number of rotatable bonds is 5. The number of carbonyl (C=O) groups excluding carboxylic acids is 1. The molecule has 0 saturated carbocycles. The number of H-pyrrole nitrogens is 1. The number of halogens is 1. The van der Waals surface area contributed by atoms with Gasteiger partial charge in [-0.15, -0.1) is 10.2 Å². The van der Waals surface area contributed by atoms with E-state index < -0.39 is 0 Å². The SMILES string of the molecule is COc1ccccc1-c1cc(C(=O)N2CCC(c3nnc(-c4ccc(F)cc4)o3)CC2)[nH]n1. The first-order chi connectivity index (χ1) is 16.1. The maximum absolute atomic E-state index is 13.1. The van der Waals surface area contributed by atoms with Gasteiger partial charge in [-0.1, -0.05) is 12.1 Å². The summed E-state index contributed by atoms with van der Waals surface area (Å²) in [6.45, 7) is 1.14. The molecule has 1 saturated heterocycles. The number of amides is 1. The molecule has 0 unspecified atom stereocenters. The Morgan fingerprint density at radius 3 is 2.64 bits per heavy atom. The van der Waals surface area contributed by atoms with Gasteiger partial charge >= 0.3 is 0 Å². The van der Waals surface area contributed by atoms with Crippen LogP contribution in [0.15, 0.2) is 59.0 Å². The number of methoxy groups -OCH3 is 1. The lowest BCUT2D eigenvalue weighted by atomic mass is 9.96. The van der Waals surface area contributed by atoms with Crippen molar-refractivity contribution in [1.82, 2.24) is 25.3 Å². The van der Waals surface area contributed by atoms with Crippen LogP contribution in [-0.2, 0) is 0 Å². The number of ether oxygens (including phenoxy) is 1. The lowest BCUT2D eigenvalue weighted by molar-refractivity contribution is 0.0700. The Morgan fingerprint density at radius 2 is 1.88 bits per heavy atom. The van der Waals surface area contributed by atoms with Crippen molar-refractivity contribution in [2.24, 2.45) is 0 Å². The third-order valence-electron chi connectivity index (χ3n) is 5.85. The molecule has 0 aliphatic carbocycles. The minimum Gasteiger partial charge on any atom is -0.496 e. The Morgan fingerprint density at radius 1 is 1.12 bits per heavy atom. The molecule has 1 amide bonds. The zero-order valence-electron chi connectivity index (χ0n) is 18.0. The summed E-state index contributed by atoms with van der Waals surface area (Å²) in [4.78, 5) is 14.8. The van der Waals surface area contributed by atoms with Gasteiger partial charge in [0.25, 0.3) is 5.91 Å². The van der Waals surface area contributed by atoms with E-state index in [4.69, 9.17) is 9.15 Å². The van der Waals surface area contributed by atoms with E-state index in [0.717, 1.165) is 5.56 Å². The Balaban J connectivity index is 1.23. The Kier molecular flexibility index (Phi) is 5.60. The summed E-state index contributed by atoms with van der Waals surface area (Å²) >= 11 is 0. The van der Waals surface area contributed by atoms with Crippen molar-refractivity contribution < 1.29 is 18.3 Å². The molecule has 0 radical (unpaired) electrons. The molecule has 33 heavy (non-hydrogen) atoms. The second-order valence-electron chi connectivity index (χ2n) is 7.89. The summed E-state index contributed by atoms with van der Waals surface area (Å²) in [6, 6.07) is 15.2. The number of carbonyl (C=O) groups is 1. The molecule has 0 bridgehead atoms. The molecular formula is C24H22FN5O3. The van der Waals surface area contributed by atoms with E-state index in [2.05, 4.69) is 20.4 Å². The number of aromatic amines is 1. The highest BCUT2D eigenvalue weighted by Gasteiger charge is 2.29. The number of benzene rings is 2. The van der Waals surface area contributed by atoms with Gasteiger partial charge in [-0.2, -0.15) is 5.10 Å². The standard InChI is InChI=1S/C24H22FN5O3/c1-32-21-5-3-2-4-18(21)19-14-20(27-26-19)24(31)30-12-10-16(11-13-30)23-29-28-22(33-23)15-6-8-17(25)9-7-15/h2-9,14,16H,10-13H2,1H3,(H,26,27). The van der Waals surface area contributed by atoms with Crippen LogP contribution in [0.5, 0.6) is 5.75 Å². The highest BCUT2D eigenvalue weighted by Crippen LogP contribution is 2.31. The summed E-state index contributed by atoms with van der Waals surface area (Å²) < 4.78 is 24.4. The molecule has 0 atom stereocenters. The third-order valence-corrected chi connectivity index (χ3v) is 5.85. The van der Waals surface area contributed by atoms with Crippen LogP contribution in [0.3, 0.4) is 0 Å². The zero-order chi connectivity index (χ0) is 22.8. The molecule has 3 heterocycles. The lowest BCUT2D eigenvalue weighted by Crippen LogP contribution is -2.38. The van der Waals surface area contributed by atoms with E-state index in [1.807, 2.05) is 24.3 Å². The Labute approximate surface area is 189 Å². The summed E-state index contributed by atoms with van der Waals surface area (Å²) in [5, 5.41) is 15.4. The molecule has 1 N–H and O–H groups in total. The van der Waals surface area contributed by atoms with Crippen molar-refractivity contribution in [3.05, 3.63) is 72.0 Å². The molecule has 2 aromatic heterocycles. The second-order valence-corrected chi connectivity index (χ2v) is 7.89. The molecule has 9 heteroatoms. The number of hydrogen-bond acceptors (Lipinski definition) is 6. The van der Waals surface area contributed by atoms with Crippen LogP contribution in [0.2, 0.25) is 0 Å². The van der Waals surface area contributed by atoms with E-state index in [1.54, 1.807) is 30.2 Å². The normalized spacial score (nSPS) is 14.4. The van der Waals surface area contributed by atoms with Gasteiger partial charge in [0.15, 0.2) is 0 Å². The van der Waals surface area contributed by atoms with E-state index in [9.17, 15) is 9.18 Å². The summed E-state index contributed by atoms with van der Waals surface area (Å²) in [5.74, 6) is 1.26. The van der Waals surface area contributed by atoms with E-state index in [-0.39, 0.29) is 17.6 Å². The number of likely N-dealkylation sites (tertiary alicyclic amines) is 1. The van der Waals surface area contributed by atoms with E-state index in [1.165, 1.54) is 12.1 Å².